The summed E-state index contributed by atoms with van der Waals surface area (Å²) in [6.45, 7) is 0. The number of rotatable bonds is 5. The Hall–Kier alpha value is -1.24. The van der Waals surface area contributed by atoms with Crippen LogP contribution in [0.5, 0.6) is 0 Å². The van der Waals surface area contributed by atoms with Crippen molar-refractivity contribution in [2.24, 2.45) is 0 Å². The molecule has 1 saturated carbocycles. The van der Waals surface area contributed by atoms with Crippen LogP contribution >= 0.6 is 35.0 Å². The van der Waals surface area contributed by atoms with Gasteiger partial charge in [0.2, 0.25) is 11.8 Å². The summed E-state index contributed by atoms with van der Waals surface area (Å²) in [4.78, 5) is 11.9. The largest absolute Gasteiger partial charge is 0.416 e. The van der Waals surface area contributed by atoms with E-state index >= 15 is 0 Å². The number of halogens is 2. The van der Waals surface area contributed by atoms with Gasteiger partial charge in [-0.15, -0.1) is 10.2 Å². The van der Waals surface area contributed by atoms with E-state index in [1.165, 1.54) is 11.8 Å². The van der Waals surface area contributed by atoms with Crippen molar-refractivity contribution >= 4 is 46.6 Å². The molecular weight excluding hydrogens is 333 g/mol. The van der Waals surface area contributed by atoms with E-state index in [4.69, 9.17) is 27.6 Å². The van der Waals surface area contributed by atoms with Gasteiger partial charge in [-0.25, -0.2) is 0 Å². The molecule has 0 atom stereocenters. The van der Waals surface area contributed by atoms with E-state index in [9.17, 15) is 4.79 Å². The SMILES string of the molecule is O=C(CSc1nnc(C2CC2)o1)Nc1cc(Cl)ccc1Cl. The Bertz CT molecular complexity index is 673. The number of aromatic nitrogens is 2. The van der Waals surface area contributed by atoms with Gasteiger partial charge in [0, 0.05) is 10.9 Å². The molecule has 1 amide bonds. The highest BCUT2D eigenvalue weighted by Crippen LogP contribution is 2.39. The van der Waals surface area contributed by atoms with Crippen LogP contribution in [0.25, 0.3) is 0 Å². The van der Waals surface area contributed by atoms with E-state index in [1.807, 2.05) is 0 Å². The molecule has 21 heavy (non-hydrogen) atoms. The van der Waals surface area contributed by atoms with Gasteiger partial charge in [-0.05, 0) is 31.0 Å². The van der Waals surface area contributed by atoms with Crippen molar-refractivity contribution in [3.05, 3.63) is 34.1 Å². The molecule has 1 heterocycles. The highest BCUT2D eigenvalue weighted by atomic mass is 35.5. The predicted octanol–water partition coefficient (Wildman–Crippen LogP) is 3.98. The molecule has 0 spiro atoms. The molecule has 1 N–H and O–H groups in total. The average molecular weight is 344 g/mol. The van der Waals surface area contributed by atoms with Crippen molar-refractivity contribution in [1.29, 1.82) is 0 Å². The van der Waals surface area contributed by atoms with Gasteiger partial charge in [0.05, 0.1) is 16.5 Å². The van der Waals surface area contributed by atoms with Crippen LogP contribution in [0.1, 0.15) is 24.7 Å². The average Bonchev–Trinajstić information content (AvgIpc) is 3.20. The Morgan fingerprint density at radius 3 is 2.95 bits per heavy atom. The summed E-state index contributed by atoms with van der Waals surface area (Å²) < 4.78 is 5.46. The van der Waals surface area contributed by atoms with E-state index in [0.29, 0.717) is 32.8 Å². The summed E-state index contributed by atoms with van der Waals surface area (Å²) in [5.74, 6) is 1.02. The predicted molar refractivity (Wildman–Crippen MR) is 82.1 cm³/mol. The number of benzene rings is 1. The van der Waals surface area contributed by atoms with Gasteiger partial charge >= 0.3 is 0 Å². The topological polar surface area (TPSA) is 68.0 Å². The maximum absolute atomic E-state index is 11.9. The highest BCUT2D eigenvalue weighted by Gasteiger charge is 2.29. The molecule has 1 fully saturated rings. The molecule has 1 aromatic carbocycles. The Balaban J connectivity index is 1.54. The van der Waals surface area contributed by atoms with Crippen LogP contribution in [0, 0.1) is 0 Å². The lowest BCUT2D eigenvalue weighted by Crippen LogP contribution is -2.14. The maximum atomic E-state index is 11.9. The first kappa shape index (κ1) is 14.7. The van der Waals surface area contributed by atoms with Gasteiger partial charge in [0.25, 0.3) is 5.22 Å². The Morgan fingerprint density at radius 2 is 2.19 bits per heavy atom. The minimum atomic E-state index is -0.213. The van der Waals surface area contributed by atoms with Crippen LogP contribution in [-0.4, -0.2) is 21.9 Å². The van der Waals surface area contributed by atoms with E-state index in [2.05, 4.69) is 15.5 Å². The lowest BCUT2D eigenvalue weighted by atomic mass is 10.3. The zero-order chi connectivity index (χ0) is 14.8. The summed E-state index contributed by atoms with van der Waals surface area (Å²) in [5, 5.41) is 11.9. The van der Waals surface area contributed by atoms with Crippen LogP contribution in [0.15, 0.2) is 27.8 Å². The number of hydrogen-bond acceptors (Lipinski definition) is 5. The normalized spacial score (nSPS) is 14.2. The number of carbonyl (C=O) groups is 1. The number of thioether (sulfide) groups is 1. The molecule has 0 saturated heterocycles. The second-order valence-electron chi connectivity index (χ2n) is 4.64. The third-order valence-electron chi connectivity index (χ3n) is 2.88. The van der Waals surface area contributed by atoms with E-state index in [0.717, 1.165) is 12.8 Å². The first-order valence-corrected chi connectivity index (χ1v) is 8.07. The van der Waals surface area contributed by atoms with E-state index in [-0.39, 0.29) is 11.7 Å². The first-order valence-electron chi connectivity index (χ1n) is 6.33. The highest BCUT2D eigenvalue weighted by molar-refractivity contribution is 7.99. The van der Waals surface area contributed by atoms with Crippen molar-refractivity contribution in [2.45, 2.75) is 24.0 Å². The van der Waals surface area contributed by atoms with Crippen LogP contribution in [-0.2, 0) is 4.79 Å². The van der Waals surface area contributed by atoms with Crippen molar-refractivity contribution < 1.29 is 9.21 Å². The molecule has 5 nitrogen and oxygen atoms in total. The molecule has 8 heteroatoms. The number of anilines is 1. The minimum Gasteiger partial charge on any atom is -0.416 e. The molecule has 3 rings (SSSR count). The molecule has 1 aliphatic carbocycles. The van der Waals surface area contributed by atoms with Crippen molar-refractivity contribution in [3.63, 3.8) is 0 Å². The summed E-state index contributed by atoms with van der Waals surface area (Å²) in [5.41, 5.74) is 0.485. The molecule has 0 radical (unpaired) electrons. The zero-order valence-corrected chi connectivity index (χ0v) is 13.1. The molecule has 110 valence electrons. The quantitative estimate of drug-likeness (QED) is 0.831. The van der Waals surface area contributed by atoms with Crippen LogP contribution in [0.3, 0.4) is 0 Å². The fraction of sp³-hybridized carbons (Fsp3) is 0.308. The lowest BCUT2D eigenvalue weighted by molar-refractivity contribution is -0.113. The first-order chi connectivity index (χ1) is 10.1. The molecule has 0 aliphatic heterocycles. The standard InChI is InChI=1S/C13H11Cl2N3O2S/c14-8-3-4-9(15)10(5-8)16-11(19)6-21-13-18-17-12(20-13)7-1-2-7/h3-5,7H,1-2,6H2,(H,16,19). The molecule has 0 unspecified atom stereocenters. The maximum Gasteiger partial charge on any atom is 0.277 e. The molecule has 2 aromatic rings. The number of nitrogens with one attached hydrogen (secondary N) is 1. The fourth-order valence-electron chi connectivity index (χ4n) is 1.68. The number of hydrogen-bond donors (Lipinski definition) is 1. The van der Waals surface area contributed by atoms with Crippen LogP contribution in [0.4, 0.5) is 5.69 Å². The van der Waals surface area contributed by atoms with Gasteiger partial charge in [-0.3, -0.25) is 4.79 Å². The van der Waals surface area contributed by atoms with Gasteiger partial charge in [-0.2, -0.15) is 0 Å². The second-order valence-corrected chi connectivity index (χ2v) is 6.41. The molecule has 1 aromatic heterocycles. The molecule has 0 bridgehead atoms. The molecule has 1 aliphatic rings. The monoisotopic (exact) mass is 343 g/mol. The summed E-state index contributed by atoms with van der Waals surface area (Å²) in [6.07, 6.45) is 2.19. The minimum absolute atomic E-state index is 0.162. The Kier molecular flexibility index (Phi) is 4.37. The van der Waals surface area contributed by atoms with Gasteiger partial charge in [0.15, 0.2) is 0 Å². The van der Waals surface area contributed by atoms with Crippen molar-refractivity contribution in [2.75, 3.05) is 11.1 Å². The van der Waals surface area contributed by atoms with Crippen molar-refractivity contribution in [3.8, 4) is 0 Å². The van der Waals surface area contributed by atoms with Crippen LogP contribution in [0.2, 0.25) is 10.0 Å². The van der Waals surface area contributed by atoms with Gasteiger partial charge in [-0.1, -0.05) is 35.0 Å². The van der Waals surface area contributed by atoms with E-state index in [1.54, 1.807) is 18.2 Å². The third kappa shape index (κ3) is 3.90. The second kappa shape index (κ2) is 6.25. The summed E-state index contributed by atoms with van der Waals surface area (Å²) in [6, 6.07) is 4.89. The Labute approximate surface area is 135 Å². The fourth-order valence-corrected chi connectivity index (χ4v) is 2.59. The smallest absolute Gasteiger partial charge is 0.277 e. The van der Waals surface area contributed by atoms with Crippen molar-refractivity contribution in [1.82, 2.24) is 10.2 Å². The van der Waals surface area contributed by atoms with E-state index < -0.39 is 0 Å². The molecular formula is C13H11Cl2N3O2S. The number of nitrogens with zero attached hydrogens (tertiary/aromatic N) is 2. The van der Waals surface area contributed by atoms with Crippen LogP contribution < -0.4 is 5.32 Å². The van der Waals surface area contributed by atoms with Gasteiger partial charge < -0.3 is 9.73 Å². The van der Waals surface area contributed by atoms with Gasteiger partial charge in [0.1, 0.15) is 0 Å². The Morgan fingerprint density at radius 1 is 1.38 bits per heavy atom. The third-order valence-corrected chi connectivity index (χ3v) is 4.26. The lowest BCUT2D eigenvalue weighted by Gasteiger charge is -2.06. The zero-order valence-electron chi connectivity index (χ0n) is 10.8. The number of carbonyl (C=O) groups excluding carboxylic acids is 1. The number of amides is 1. The summed E-state index contributed by atoms with van der Waals surface area (Å²) >= 11 is 13.0. The summed E-state index contributed by atoms with van der Waals surface area (Å²) in [7, 11) is 0.